The molecule has 1 amide bonds. The van der Waals surface area contributed by atoms with E-state index < -0.39 is 0 Å². The van der Waals surface area contributed by atoms with Gasteiger partial charge in [-0.15, -0.1) is 0 Å². The average Bonchev–Trinajstić information content (AvgIpc) is 3.20. The van der Waals surface area contributed by atoms with Crippen LogP contribution >= 0.6 is 15.9 Å². The van der Waals surface area contributed by atoms with E-state index in [2.05, 4.69) is 36.0 Å². The number of carbonyl (C=O) groups excluding carboxylic acids is 1. The van der Waals surface area contributed by atoms with Gasteiger partial charge in [-0.1, -0.05) is 5.16 Å². The van der Waals surface area contributed by atoms with Crippen molar-refractivity contribution in [3.8, 4) is 0 Å². The van der Waals surface area contributed by atoms with Crippen molar-refractivity contribution in [2.24, 2.45) is 0 Å². The van der Waals surface area contributed by atoms with Crippen LogP contribution in [0.2, 0.25) is 0 Å². The van der Waals surface area contributed by atoms with Crippen molar-refractivity contribution in [3.05, 3.63) is 51.8 Å². The number of halogens is 1. The number of aromatic nitrogens is 3. The van der Waals surface area contributed by atoms with Crippen LogP contribution in [0.1, 0.15) is 27.7 Å². The lowest BCUT2D eigenvalue weighted by Crippen LogP contribution is -2.11. The molecule has 0 radical (unpaired) electrons. The topological polar surface area (TPSA) is 86.1 Å². The summed E-state index contributed by atoms with van der Waals surface area (Å²) in [6, 6.07) is 4.92. The van der Waals surface area contributed by atoms with Crippen LogP contribution in [0.5, 0.6) is 0 Å². The quantitative estimate of drug-likeness (QED) is 0.768. The predicted molar refractivity (Wildman–Crippen MR) is 81.7 cm³/mol. The molecule has 0 saturated heterocycles. The molecule has 3 aromatic rings. The Bertz CT molecular complexity index is 804. The molecule has 3 heterocycles. The van der Waals surface area contributed by atoms with Crippen molar-refractivity contribution in [1.29, 1.82) is 0 Å². The van der Waals surface area contributed by atoms with Gasteiger partial charge in [-0.3, -0.25) is 9.48 Å². The Morgan fingerprint density at radius 3 is 2.82 bits per heavy atom. The average molecular weight is 365 g/mol. The summed E-state index contributed by atoms with van der Waals surface area (Å²) < 4.78 is 13.0. The fourth-order valence-corrected chi connectivity index (χ4v) is 2.30. The van der Waals surface area contributed by atoms with Crippen molar-refractivity contribution < 1.29 is 13.7 Å². The maximum absolute atomic E-state index is 12.0. The molecule has 0 fully saturated rings. The number of rotatable bonds is 4. The van der Waals surface area contributed by atoms with E-state index in [1.807, 2.05) is 18.5 Å². The van der Waals surface area contributed by atoms with Crippen molar-refractivity contribution in [2.45, 2.75) is 20.4 Å². The van der Waals surface area contributed by atoms with E-state index in [-0.39, 0.29) is 11.7 Å². The highest BCUT2D eigenvalue weighted by Crippen LogP contribution is 2.21. The van der Waals surface area contributed by atoms with Crippen LogP contribution in [0.4, 0.5) is 5.82 Å². The van der Waals surface area contributed by atoms with E-state index >= 15 is 0 Å². The fraction of sp³-hybridized carbons (Fsp3) is 0.214. The summed E-state index contributed by atoms with van der Waals surface area (Å²) in [7, 11) is 0. The lowest BCUT2D eigenvalue weighted by molar-refractivity contribution is 0.0993. The van der Waals surface area contributed by atoms with Gasteiger partial charge in [-0.05, 0) is 41.9 Å². The van der Waals surface area contributed by atoms with Gasteiger partial charge in [0.2, 0.25) is 0 Å². The van der Waals surface area contributed by atoms with Crippen LogP contribution in [0, 0.1) is 13.8 Å². The number of anilines is 1. The molecule has 114 valence electrons. The molecule has 0 unspecified atom stereocenters. The summed E-state index contributed by atoms with van der Waals surface area (Å²) in [5.74, 6) is 0.808. The second kappa shape index (κ2) is 5.80. The lowest BCUT2D eigenvalue weighted by atomic mass is 10.4. The standard InChI is InChI=1S/C14H13BrN4O3/c1-8-13(15)9(2)19(17-8)7-10-3-4-11(22-10)14(20)16-12-5-6-21-18-12/h3-6H,7H2,1-2H3,(H,16,18,20). The van der Waals surface area contributed by atoms with Gasteiger partial charge < -0.3 is 14.3 Å². The Morgan fingerprint density at radius 2 is 2.18 bits per heavy atom. The highest BCUT2D eigenvalue weighted by atomic mass is 79.9. The van der Waals surface area contributed by atoms with Gasteiger partial charge in [0.1, 0.15) is 12.0 Å². The number of carbonyl (C=O) groups is 1. The Balaban J connectivity index is 1.73. The minimum atomic E-state index is -0.380. The summed E-state index contributed by atoms with van der Waals surface area (Å²) in [5.41, 5.74) is 1.91. The van der Waals surface area contributed by atoms with Crippen molar-refractivity contribution in [2.75, 3.05) is 5.32 Å². The van der Waals surface area contributed by atoms with Crippen molar-refractivity contribution >= 4 is 27.7 Å². The molecular weight excluding hydrogens is 352 g/mol. The molecule has 3 aromatic heterocycles. The predicted octanol–water partition coefficient (Wildman–Crippen LogP) is 3.14. The summed E-state index contributed by atoms with van der Waals surface area (Å²) >= 11 is 3.48. The van der Waals surface area contributed by atoms with Crippen LogP contribution < -0.4 is 5.32 Å². The molecule has 8 heteroatoms. The Morgan fingerprint density at radius 1 is 1.36 bits per heavy atom. The van der Waals surface area contributed by atoms with Crippen LogP contribution in [0.25, 0.3) is 0 Å². The zero-order chi connectivity index (χ0) is 15.7. The molecule has 0 atom stereocenters. The Hall–Kier alpha value is -2.35. The van der Waals surface area contributed by atoms with E-state index in [0.29, 0.717) is 18.1 Å². The van der Waals surface area contributed by atoms with Crippen LogP contribution in [-0.2, 0) is 6.54 Å². The molecule has 0 aromatic carbocycles. The van der Waals surface area contributed by atoms with Crippen LogP contribution in [0.15, 0.2) is 37.9 Å². The van der Waals surface area contributed by atoms with E-state index in [4.69, 9.17) is 4.42 Å². The molecule has 7 nitrogen and oxygen atoms in total. The molecule has 0 bridgehead atoms. The molecule has 0 spiro atoms. The van der Waals surface area contributed by atoms with Gasteiger partial charge in [0.25, 0.3) is 5.91 Å². The smallest absolute Gasteiger partial charge is 0.292 e. The fourth-order valence-electron chi connectivity index (χ4n) is 2.02. The number of aryl methyl sites for hydroxylation is 1. The third-order valence-electron chi connectivity index (χ3n) is 3.16. The lowest BCUT2D eigenvalue weighted by Gasteiger charge is -2.02. The number of nitrogens with zero attached hydrogens (tertiary/aromatic N) is 3. The van der Waals surface area contributed by atoms with E-state index in [1.54, 1.807) is 18.2 Å². The van der Waals surface area contributed by atoms with E-state index in [1.165, 1.54) is 6.26 Å². The normalized spacial score (nSPS) is 10.9. The van der Waals surface area contributed by atoms with Crippen LogP contribution in [-0.4, -0.2) is 20.8 Å². The highest BCUT2D eigenvalue weighted by molar-refractivity contribution is 9.10. The van der Waals surface area contributed by atoms with E-state index in [0.717, 1.165) is 15.9 Å². The number of hydrogen-bond donors (Lipinski definition) is 1. The summed E-state index contributed by atoms with van der Waals surface area (Å²) in [6.45, 7) is 4.34. The number of furan rings is 1. The maximum Gasteiger partial charge on any atom is 0.292 e. The third kappa shape index (κ3) is 2.82. The minimum Gasteiger partial charge on any atom is -0.454 e. The van der Waals surface area contributed by atoms with Gasteiger partial charge in [0.05, 0.1) is 22.4 Å². The molecule has 0 aliphatic carbocycles. The van der Waals surface area contributed by atoms with Gasteiger partial charge >= 0.3 is 0 Å². The molecule has 0 saturated carbocycles. The number of hydrogen-bond acceptors (Lipinski definition) is 5. The third-order valence-corrected chi connectivity index (χ3v) is 4.31. The van der Waals surface area contributed by atoms with Gasteiger partial charge in [0.15, 0.2) is 11.6 Å². The monoisotopic (exact) mass is 364 g/mol. The summed E-state index contributed by atoms with van der Waals surface area (Å²) in [5, 5.41) is 10.6. The Labute approximate surface area is 134 Å². The molecule has 22 heavy (non-hydrogen) atoms. The molecule has 1 N–H and O–H groups in total. The van der Waals surface area contributed by atoms with E-state index in [9.17, 15) is 4.79 Å². The Kier molecular flexibility index (Phi) is 3.84. The highest BCUT2D eigenvalue weighted by Gasteiger charge is 2.15. The van der Waals surface area contributed by atoms with Gasteiger partial charge in [0, 0.05) is 6.07 Å². The minimum absolute atomic E-state index is 0.207. The van der Waals surface area contributed by atoms with Crippen molar-refractivity contribution in [1.82, 2.24) is 14.9 Å². The van der Waals surface area contributed by atoms with Gasteiger partial charge in [-0.25, -0.2) is 0 Å². The first-order chi connectivity index (χ1) is 10.5. The van der Waals surface area contributed by atoms with Gasteiger partial charge in [-0.2, -0.15) is 5.10 Å². The second-order valence-electron chi connectivity index (χ2n) is 4.75. The van der Waals surface area contributed by atoms with Crippen LogP contribution in [0.3, 0.4) is 0 Å². The summed E-state index contributed by atoms with van der Waals surface area (Å²) in [4.78, 5) is 12.0. The zero-order valence-electron chi connectivity index (χ0n) is 12.0. The zero-order valence-corrected chi connectivity index (χ0v) is 13.5. The SMILES string of the molecule is Cc1nn(Cc2ccc(C(=O)Nc3ccon3)o2)c(C)c1Br. The molecule has 0 aliphatic rings. The molecule has 0 aliphatic heterocycles. The number of amides is 1. The summed E-state index contributed by atoms with van der Waals surface area (Å²) in [6.07, 6.45) is 1.38. The maximum atomic E-state index is 12.0. The molecular formula is C14H13BrN4O3. The first-order valence-corrected chi connectivity index (χ1v) is 7.34. The van der Waals surface area contributed by atoms with Crippen molar-refractivity contribution in [3.63, 3.8) is 0 Å². The first kappa shape index (κ1) is 14.6. The first-order valence-electron chi connectivity index (χ1n) is 6.54. The molecule has 3 rings (SSSR count). The largest absolute Gasteiger partial charge is 0.454 e. The second-order valence-corrected chi connectivity index (χ2v) is 5.54. The number of nitrogens with one attached hydrogen (secondary N) is 1.